The predicted octanol–water partition coefficient (Wildman–Crippen LogP) is 0.562. The number of hydrogen-bond acceptors (Lipinski definition) is 4. The van der Waals surface area contributed by atoms with Gasteiger partial charge in [-0.05, 0) is 38.1 Å². The summed E-state index contributed by atoms with van der Waals surface area (Å²) in [4.78, 5) is 22.7. The van der Waals surface area contributed by atoms with Crippen LogP contribution in [0.4, 0.5) is 5.69 Å². The van der Waals surface area contributed by atoms with Crippen molar-refractivity contribution in [1.82, 2.24) is 4.72 Å². The fourth-order valence-electron chi connectivity index (χ4n) is 2.00. The highest BCUT2D eigenvalue weighted by molar-refractivity contribution is 7.89. The molecule has 0 bridgehead atoms. The highest BCUT2D eigenvalue weighted by Gasteiger charge is 2.48. The standard InChI is InChI=1S/C13H16N2O5S/c1-7-3-4-8(21(19,20)14-2)5-11(7)15-12(16)9-6-10(9)13(17)18/h3-5,9-10,14H,6H2,1-2H3,(H,15,16)(H,17,18)/t9-,10+/m1/s1. The van der Waals surface area contributed by atoms with Crippen LogP contribution in [-0.4, -0.2) is 32.4 Å². The van der Waals surface area contributed by atoms with E-state index in [1.165, 1.54) is 19.2 Å². The SMILES string of the molecule is CNS(=O)(=O)c1ccc(C)c(NC(=O)[C@@H]2C[C@@H]2C(=O)O)c1. The first-order valence-corrected chi connectivity index (χ1v) is 7.82. The van der Waals surface area contributed by atoms with E-state index in [0.717, 1.165) is 0 Å². The zero-order valence-corrected chi connectivity index (χ0v) is 12.4. The summed E-state index contributed by atoms with van der Waals surface area (Å²) in [6.07, 6.45) is 0.314. The van der Waals surface area contributed by atoms with Gasteiger partial charge in [-0.3, -0.25) is 9.59 Å². The summed E-state index contributed by atoms with van der Waals surface area (Å²) in [5, 5.41) is 11.4. The van der Waals surface area contributed by atoms with Gasteiger partial charge in [0.15, 0.2) is 0 Å². The lowest BCUT2D eigenvalue weighted by Gasteiger charge is -2.10. The number of aryl methyl sites for hydroxylation is 1. The van der Waals surface area contributed by atoms with E-state index >= 15 is 0 Å². The highest BCUT2D eigenvalue weighted by Crippen LogP contribution is 2.39. The van der Waals surface area contributed by atoms with Crippen LogP contribution < -0.4 is 10.0 Å². The van der Waals surface area contributed by atoms with Gasteiger partial charge < -0.3 is 10.4 Å². The molecule has 1 amide bonds. The molecule has 8 heteroatoms. The third-order valence-corrected chi connectivity index (χ3v) is 4.90. The third kappa shape index (κ3) is 3.22. The molecule has 1 aliphatic carbocycles. The highest BCUT2D eigenvalue weighted by atomic mass is 32.2. The summed E-state index contributed by atoms with van der Waals surface area (Å²) >= 11 is 0. The van der Waals surface area contributed by atoms with E-state index in [0.29, 0.717) is 17.7 Å². The van der Waals surface area contributed by atoms with Gasteiger partial charge in [0.25, 0.3) is 0 Å². The summed E-state index contributed by atoms with van der Waals surface area (Å²) in [6.45, 7) is 1.73. The third-order valence-electron chi connectivity index (χ3n) is 3.49. The average Bonchev–Trinajstić information content (AvgIpc) is 3.21. The van der Waals surface area contributed by atoms with E-state index in [2.05, 4.69) is 10.0 Å². The molecule has 0 aliphatic heterocycles. The lowest BCUT2D eigenvalue weighted by atomic mass is 10.2. The Kier molecular flexibility index (Phi) is 4.02. The summed E-state index contributed by atoms with van der Waals surface area (Å²) in [7, 11) is -2.30. The lowest BCUT2D eigenvalue weighted by Crippen LogP contribution is -2.20. The van der Waals surface area contributed by atoms with Gasteiger partial charge >= 0.3 is 5.97 Å². The van der Waals surface area contributed by atoms with Gasteiger partial charge in [0.2, 0.25) is 15.9 Å². The topological polar surface area (TPSA) is 113 Å². The Hall–Kier alpha value is -1.93. The Morgan fingerprint density at radius 3 is 2.48 bits per heavy atom. The second kappa shape index (κ2) is 5.45. The van der Waals surface area contributed by atoms with Crippen LogP contribution in [0.3, 0.4) is 0 Å². The molecule has 1 aromatic rings. The molecule has 1 aliphatic rings. The van der Waals surface area contributed by atoms with Crippen LogP contribution in [0.5, 0.6) is 0 Å². The van der Waals surface area contributed by atoms with Crippen LogP contribution in [-0.2, 0) is 19.6 Å². The monoisotopic (exact) mass is 312 g/mol. The van der Waals surface area contributed by atoms with Crippen molar-refractivity contribution < 1.29 is 23.1 Å². The first kappa shape index (κ1) is 15.5. The second-order valence-electron chi connectivity index (χ2n) is 4.96. The minimum Gasteiger partial charge on any atom is -0.481 e. The van der Waals surface area contributed by atoms with Gasteiger partial charge in [-0.15, -0.1) is 0 Å². The van der Waals surface area contributed by atoms with Gasteiger partial charge in [0, 0.05) is 5.69 Å². The van der Waals surface area contributed by atoms with E-state index in [-0.39, 0.29) is 4.90 Å². The van der Waals surface area contributed by atoms with Gasteiger partial charge in [-0.1, -0.05) is 6.07 Å². The van der Waals surface area contributed by atoms with Crippen molar-refractivity contribution in [3.8, 4) is 0 Å². The normalized spacial score (nSPS) is 20.9. The molecule has 0 unspecified atom stereocenters. The number of anilines is 1. The molecule has 1 fully saturated rings. The minimum atomic E-state index is -3.60. The molecule has 114 valence electrons. The number of hydrogen-bond donors (Lipinski definition) is 3. The summed E-state index contributed by atoms with van der Waals surface area (Å²) in [6, 6.07) is 4.38. The van der Waals surface area contributed by atoms with Crippen molar-refractivity contribution in [2.75, 3.05) is 12.4 Å². The lowest BCUT2D eigenvalue weighted by molar-refractivity contribution is -0.139. The molecule has 0 saturated heterocycles. The molecule has 21 heavy (non-hydrogen) atoms. The van der Waals surface area contributed by atoms with Crippen LogP contribution in [0.15, 0.2) is 23.1 Å². The zero-order chi connectivity index (χ0) is 15.8. The maximum absolute atomic E-state index is 11.9. The molecule has 2 rings (SSSR count). The summed E-state index contributed by atoms with van der Waals surface area (Å²) in [5.74, 6) is -2.58. The number of carboxylic acid groups (broad SMARTS) is 1. The maximum atomic E-state index is 11.9. The summed E-state index contributed by atoms with van der Waals surface area (Å²) < 4.78 is 25.7. The zero-order valence-electron chi connectivity index (χ0n) is 11.6. The number of nitrogens with one attached hydrogen (secondary N) is 2. The molecule has 1 aromatic carbocycles. The van der Waals surface area contributed by atoms with Crippen molar-refractivity contribution in [2.24, 2.45) is 11.8 Å². The second-order valence-corrected chi connectivity index (χ2v) is 6.85. The van der Waals surface area contributed by atoms with Gasteiger partial charge in [-0.2, -0.15) is 0 Å². The van der Waals surface area contributed by atoms with Crippen LogP contribution in [0.2, 0.25) is 0 Å². The van der Waals surface area contributed by atoms with Crippen molar-refractivity contribution >= 4 is 27.6 Å². The molecule has 0 aromatic heterocycles. The van der Waals surface area contributed by atoms with E-state index in [4.69, 9.17) is 5.11 Å². The van der Waals surface area contributed by atoms with Crippen molar-refractivity contribution in [1.29, 1.82) is 0 Å². The van der Waals surface area contributed by atoms with Gasteiger partial charge in [0.1, 0.15) is 0 Å². The Bertz CT molecular complexity index is 699. The largest absolute Gasteiger partial charge is 0.481 e. The Morgan fingerprint density at radius 2 is 1.95 bits per heavy atom. The van der Waals surface area contributed by atoms with Crippen LogP contribution in [0.1, 0.15) is 12.0 Å². The fourth-order valence-corrected chi connectivity index (χ4v) is 2.76. The molecule has 0 radical (unpaired) electrons. The molecular weight excluding hydrogens is 296 g/mol. The van der Waals surface area contributed by atoms with Gasteiger partial charge in [0.05, 0.1) is 16.7 Å². The van der Waals surface area contributed by atoms with E-state index in [1.54, 1.807) is 13.0 Å². The van der Waals surface area contributed by atoms with E-state index < -0.39 is 33.7 Å². The molecule has 0 heterocycles. The Labute approximate surface area is 122 Å². The Balaban J connectivity index is 2.19. The van der Waals surface area contributed by atoms with Gasteiger partial charge in [-0.25, -0.2) is 13.1 Å². The number of carbonyl (C=O) groups excluding carboxylic acids is 1. The van der Waals surface area contributed by atoms with Crippen molar-refractivity contribution in [3.63, 3.8) is 0 Å². The van der Waals surface area contributed by atoms with Crippen LogP contribution in [0.25, 0.3) is 0 Å². The maximum Gasteiger partial charge on any atom is 0.307 e. The first-order chi connectivity index (χ1) is 9.76. The number of sulfonamides is 1. The summed E-state index contributed by atoms with van der Waals surface area (Å²) in [5.41, 5.74) is 1.07. The van der Waals surface area contributed by atoms with Crippen LogP contribution in [0, 0.1) is 18.8 Å². The number of carbonyl (C=O) groups is 2. The number of amides is 1. The number of rotatable bonds is 5. The predicted molar refractivity (Wildman–Crippen MR) is 75.3 cm³/mol. The first-order valence-electron chi connectivity index (χ1n) is 6.34. The van der Waals surface area contributed by atoms with Crippen molar-refractivity contribution in [2.45, 2.75) is 18.2 Å². The number of aliphatic carboxylic acids is 1. The average molecular weight is 312 g/mol. The van der Waals surface area contributed by atoms with Crippen LogP contribution >= 0.6 is 0 Å². The molecule has 1 saturated carbocycles. The van der Waals surface area contributed by atoms with E-state index in [1.807, 2.05) is 0 Å². The van der Waals surface area contributed by atoms with E-state index in [9.17, 15) is 18.0 Å². The Morgan fingerprint density at radius 1 is 1.29 bits per heavy atom. The number of benzene rings is 1. The molecule has 2 atom stereocenters. The molecule has 3 N–H and O–H groups in total. The molecule has 7 nitrogen and oxygen atoms in total. The minimum absolute atomic E-state index is 0.0384. The number of carboxylic acids is 1. The fraction of sp³-hybridized carbons (Fsp3) is 0.385. The molecular formula is C13H16N2O5S. The quantitative estimate of drug-likeness (QED) is 0.735. The molecule has 0 spiro atoms. The van der Waals surface area contributed by atoms with Crippen molar-refractivity contribution in [3.05, 3.63) is 23.8 Å². The smallest absolute Gasteiger partial charge is 0.307 e.